The van der Waals surface area contributed by atoms with Gasteiger partial charge in [-0.25, -0.2) is 0 Å². The molecule has 0 aliphatic heterocycles. The first-order valence-electron chi connectivity index (χ1n) is 8.86. The van der Waals surface area contributed by atoms with Crippen LogP contribution in [0.4, 0.5) is 5.69 Å². The van der Waals surface area contributed by atoms with Crippen molar-refractivity contribution in [1.29, 1.82) is 0 Å². The normalized spacial score (nSPS) is 10.3. The van der Waals surface area contributed by atoms with Crippen LogP contribution >= 0.6 is 15.9 Å². The first-order chi connectivity index (χ1) is 14.4. The van der Waals surface area contributed by atoms with Gasteiger partial charge in [0.2, 0.25) is 5.91 Å². The summed E-state index contributed by atoms with van der Waals surface area (Å²) in [5, 5.41) is 5.04. The molecule has 3 amide bonds. The van der Waals surface area contributed by atoms with Crippen molar-refractivity contribution in [3.63, 3.8) is 0 Å². The molecule has 9 heteroatoms. The number of ether oxygens (including phenoxy) is 1. The van der Waals surface area contributed by atoms with Crippen LogP contribution in [0.1, 0.15) is 26.7 Å². The maximum absolute atomic E-state index is 12.4. The number of rotatable bonds is 8. The average molecular weight is 472 g/mol. The number of nitrogens with two attached hydrogens (primary N) is 1. The van der Waals surface area contributed by atoms with Crippen molar-refractivity contribution in [1.82, 2.24) is 5.32 Å². The van der Waals surface area contributed by atoms with Crippen LogP contribution in [-0.4, -0.2) is 24.3 Å². The highest BCUT2D eigenvalue weighted by Crippen LogP contribution is 2.20. The van der Waals surface area contributed by atoms with E-state index in [1.54, 1.807) is 30.3 Å². The largest absolute Gasteiger partial charge is 0.486 e. The van der Waals surface area contributed by atoms with E-state index in [-0.39, 0.29) is 24.5 Å². The fourth-order valence-corrected chi connectivity index (χ4v) is 2.87. The number of carbonyl (C=O) groups excluding carboxylic acids is 3. The summed E-state index contributed by atoms with van der Waals surface area (Å²) in [5.74, 6) is -0.345. The molecule has 4 N–H and O–H groups in total. The molecule has 0 aliphatic rings. The summed E-state index contributed by atoms with van der Waals surface area (Å²) in [4.78, 5) is 35.2. The summed E-state index contributed by atoms with van der Waals surface area (Å²) in [7, 11) is 0. The van der Waals surface area contributed by atoms with Gasteiger partial charge >= 0.3 is 0 Å². The number of hydrogen-bond donors (Lipinski definition) is 3. The number of anilines is 1. The van der Waals surface area contributed by atoms with Crippen molar-refractivity contribution in [2.75, 3.05) is 11.9 Å². The molecule has 0 radical (unpaired) electrons. The number of amides is 3. The van der Waals surface area contributed by atoms with E-state index in [9.17, 15) is 14.4 Å². The lowest BCUT2D eigenvalue weighted by molar-refractivity contribution is -0.117. The minimum atomic E-state index is -0.648. The van der Waals surface area contributed by atoms with Crippen molar-refractivity contribution < 1.29 is 23.5 Å². The van der Waals surface area contributed by atoms with Gasteiger partial charge in [0.15, 0.2) is 5.76 Å². The van der Waals surface area contributed by atoms with Crippen LogP contribution in [0.5, 0.6) is 5.75 Å². The van der Waals surface area contributed by atoms with Gasteiger partial charge in [-0.2, -0.15) is 0 Å². The highest BCUT2D eigenvalue weighted by molar-refractivity contribution is 9.10. The van der Waals surface area contributed by atoms with Crippen molar-refractivity contribution in [3.8, 4) is 5.75 Å². The van der Waals surface area contributed by atoms with Gasteiger partial charge in [0.1, 0.15) is 18.1 Å². The van der Waals surface area contributed by atoms with E-state index in [1.165, 1.54) is 6.07 Å². The summed E-state index contributed by atoms with van der Waals surface area (Å²) >= 11 is 3.37. The van der Waals surface area contributed by atoms with E-state index in [1.807, 2.05) is 24.3 Å². The molecule has 0 atom stereocenters. The monoisotopic (exact) mass is 471 g/mol. The first kappa shape index (κ1) is 21.1. The lowest BCUT2D eigenvalue weighted by atomic mass is 10.2. The maximum Gasteiger partial charge on any atom is 0.291 e. The molecule has 8 nitrogen and oxygen atoms in total. The molecular weight excluding hydrogens is 454 g/mol. The molecule has 3 rings (SSSR count). The number of halogens is 1. The molecule has 0 unspecified atom stereocenters. The Labute approximate surface area is 180 Å². The summed E-state index contributed by atoms with van der Waals surface area (Å²) in [6.45, 7) is -0.105. The third-order valence-corrected chi connectivity index (χ3v) is 4.36. The van der Waals surface area contributed by atoms with Gasteiger partial charge in [-0.3, -0.25) is 14.4 Å². The van der Waals surface area contributed by atoms with Crippen molar-refractivity contribution in [3.05, 3.63) is 82.2 Å². The third-order valence-electron chi connectivity index (χ3n) is 3.87. The first-order valence-corrected chi connectivity index (χ1v) is 9.65. The summed E-state index contributed by atoms with van der Waals surface area (Å²) in [5.41, 5.74) is 5.68. The highest BCUT2D eigenvalue weighted by atomic mass is 79.9. The molecule has 30 heavy (non-hydrogen) atoms. The van der Waals surface area contributed by atoms with Crippen LogP contribution in [0.15, 0.2) is 69.6 Å². The second-order valence-electron chi connectivity index (χ2n) is 6.20. The zero-order valence-corrected chi connectivity index (χ0v) is 17.3. The fraction of sp³-hybridized carbons (Fsp3) is 0.0952. The van der Waals surface area contributed by atoms with Gasteiger partial charge in [0.05, 0.1) is 6.54 Å². The van der Waals surface area contributed by atoms with Crippen molar-refractivity contribution >= 4 is 39.3 Å². The Morgan fingerprint density at radius 1 is 1.00 bits per heavy atom. The Hall–Kier alpha value is -3.59. The number of nitrogens with one attached hydrogen (secondary N) is 2. The average Bonchev–Trinajstić information content (AvgIpc) is 3.20. The van der Waals surface area contributed by atoms with Crippen LogP contribution < -0.4 is 21.1 Å². The minimum Gasteiger partial charge on any atom is -0.486 e. The molecule has 2 aromatic carbocycles. The Kier molecular flexibility index (Phi) is 6.87. The van der Waals surface area contributed by atoms with E-state index in [0.717, 1.165) is 4.47 Å². The topological polar surface area (TPSA) is 124 Å². The smallest absolute Gasteiger partial charge is 0.291 e. The lowest BCUT2D eigenvalue weighted by Gasteiger charge is -2.07. The van der Waals surface area contributed by atoms with E-state index in [0.29, 0.717) is 17.2 Å². The van der Waals surface area contributed by atoms with Gasteiger partial charge in [0.25, 0.3) is 11.8 Å². The molecule has 0 saturated carbocycles. The summed E-state index contributed by atoms with van der Waals surface area (Å²) in [6.07, 6.45) is 0. The second-order valence-corrected chi connectivity index (χ2v) is 7.11. The highest BCUT2D eigenvalue weighted by Gasteiger charge is 2.13. The molecule has 3 aromatic rings. The zero-order valence-electron chi connectivity index (χ0n) is 15.7. The molecule has 0 spiro atoms. The second kappa shape index (κ2) is 9.75. The summed E-state index contributed by atoms with van der Waals surface area (Å²) in [6, 6.07) is 16.8. The Bertz CT molecular complexity index is 1080. The third kappa shape index (κ3) is 5.95. The van der Waals surface area contributed by atoms with E-state index in [2.05, 4.69) is 26.6 Å². The molecule has 1 aromatic heterocycles. The minimum absolute atomic E-state index is 0.103. The molecule has 1 heterocycles. The molecule has 0 saturated heterocycles. The molecule has 154 valence electrons. The maximum atomic E-state index is 12.4. The molecule has 0 aliphatic carbocycles. The number of hydrogen-bond acceptors (Lipinski definition) is 5. The quantitative estimate of drug-likeness (QED) is 0.465. The van der Waals surface area contributed by atoms with E-state index >= 15 is 0 Å². The van der Waals surface area contributed by atoms with Crippen LogP contribution in [0, 0.1) is 0 Å². The number of benzene rings is 2. The van der Waals surface area contributed by atoms with Gasteiger partial charge in [-0.1, -0.05) is 28.1 Å². The molecule has 0 fully saturated rings. The molecular formula is C21H18BrN3O5. The number of furan rings is 1. The predicted molar refractivity (Wildman–Crippen MR) is 113 cm³/mol. The molecule has 0 bridgehead atoms. The van der Waals surface area contributed by atoms with Crippen molar-refractivity contribution in [2.24, 2.45) is 5.73 Å². The Balaban J connectivity index is 1.59. The van der Waals surface area contributed by atoms with Gasteiger partial charge in [-0.15, -0.1) is 0 Å². The van der Waals surface area contributed by atoms with Gasteiger partial charge in [0, 0.05) is 15.7 Å². The number of carbonyl (C=O) groups is 3. The predicted octanol–water partition coefficient (Wildman–Crippen LogP) is 3.09. The van der Waals surface area contributed by atoms with Crippen LogP contribution in [0.3, 0.4) is 0 Å². The summed E-state index contributed by atoms with van der Waals surface area (Å²) < 4.78 is 12.1. The fourth-order valence-electron chi connectivity index (χ4n) is 2.49. The SMILES string of the molecule is NC(=O)CNC(=O)c1cccc(NC(=O)c2ccc(COc3cccc(Br)c3)o2)c1. The van der Waals surface area contributed by atoms with Gasteiger partial charge < -0.3 is 25.5 Å². The van der Waals surface area contributed by atoms with Crippen LogP contribution in [-0.2, 0) is 11.4 Å². The van der Waals surface area contributed by atoms with Crippen LogP contribution in [0.2, 0.25) is 0 Å². The number of primary amides is 1. The Morgan fingerprint density at radius 2 is 1.80 bits per heavy atom. The standard InChI is InChI=1S/C21H18BrN3O5/c22-14-4-2-6-16(10-14)29-12-17-7-8-18(30-17)21(28)25-15-5-1-3-13(9-15)20(27)24-11-19(23)26/h1-10H,11-12H2,(H2,23,26)(H,24,27)(H,25,28). The van der Waals surface area contributed by atoms with E-state index in [4.69, 9.17) is 14.9 Å². The van der Waals surface area contributed by atoms with Crippen molar-refractivity contribution in [2.45, 2.75) is 6.61 Å². The van der Waals surface area contributed by atoms with Crippen LogP contribution in [0.25, 0.3) is 0 Å². The zero-order chi connectivity index (χ0) is 21.5. The lowest BCUT2D eigenvalue weighted by Crippen LogP contribution is -2.33. The van der Waals surface area contributed by atoms with Gasteiger partial charge in [-0.05, 0) is 48.5 Å². The Morgan fingerprint density at radius 3 is 2.57 bits per heavy atom. The van der Waals surface area contributed by atoms with E-state index < -0.39 is 17.7 Å².